The fourth-order valence-corrected chi connectivity index (χ4v) is 1.87. The third-order valence-corrected chi connectivity index (χ3v) is 4.15. The molecule has 0 saturated carbocycles. The van der Waals surface area contributed by atoms with E-state index in [0.717, 1.165) is 6.61 Å². The molecule has 2 rings (SSSR count). The number of ether oxygens (including phenoxy) is 8. The van der Waals surface area contributed by atoms with Crippen LogP contribution in [-0.4, -0.2) is 128 Å². The van der Waals surface area contributed by atoms with E-state index in [4.69, 9.17) is 9.47 Å². The molecule has 2 aliphatic heterocycles. The summed E-state index contributed by atoms with van der Waals surface area (Å²) in [6.07, 6.45) is -46.6. The number of hydrogen-bond donors (Lipinski definition) is 2. The van der Waals surface area contributed by atoms with E-state index in [-0.39, 0.29) is 85.3 Å². The van der Waals surface area contributed by atoms with E-state index in [1.54, 1.807) is 0 Å². The second kappa shape index (κ2) is 34.6. The van der Waals surface area contributed by atoms with Crippen molar-refractivity contribution in [2.75, 3.05) is 66.1 Å². The Morgan fingerprint density at radius 2 is 0.767 bits per heavy atom. The number of rotatable bonds is 22. The molecule has 0 bridgehead atoms. The van der Waals surface area contributed by atoms with Crippen LogP contribution < -0.4 is 11.5 Å². The van der Waals surface area contributed by atoms with E-state index < -0.39 is 88.5 Å². The SMILES string of the molecule is C.C.C.C.C.C.C.C.FCCOCC1CO1.FOC(F)(F)C(F)(F)OC(F)(F)OC(F)(F)COCC1CO1.NCC(F)(F)OC(F)(F)OC(F)(F)C(F)(F)OF.NCCF. The molecule has 2 aliphatic rings. The first-order chi connectivity index (χ1) is 23.4. The van der Waals surface area contributed by atoms with E-state index >= 15 is 0 Å². The number of nitrogens with two attached hydrogens (primary N) is 2. The van der Waals surface area contributed by atoms with Crippen molar-refractivity contribution in [2.45, 2.75) is 121 Å². The van der Waals surface area contributed by atoms with Crippen LogP contribution in [0.2, 0.25) is 0 Å². The molecule has 380 valence electrons. The van der Waals surface area contributed by atoms with E-state index in [2.05, 4.69) is 35.2 Å². The van der Waals surface area contributed by atoms with Crippen LogP contribution >= 0.6 is 0 Å². The van der Waals surface area contributed by atoms with Crippen LogP contribution in [0.5, 0.6) is 0 Å². The molecule has 32 heteroatoms. The highest BCUT2D eigenvalue weighted by atomic mass is 19.4. The van der Waals surface area contributed by atoms with E-state index in [1.165, 1.54) is 9.88 Å². The number of hydrogen-bond acceptors (Lipinski definition) is 12. The maximum Gasteiger partial charge on any atom is 0.495 e. The standard InChI is InChI=1S/C8H7F9O5.C5H4F9NO3.C5H9FO2.C2H6FN.8CH4/c9-5(10,3-18-1-4-2-19-4)20-8(15,16)21-6(11,12)7(13,14)22-17;6-2(7,1-15)16-5(12,13)17-3(8,9)4(10,11)18-14;6-1-2-7-3-5-4-8-5;3-1-2-4;;;;;;;;/h4H,1-3H2;1,15H2;5H,1-4H2;1-2,4H2;8*1H4. The zero-order valence-corrected chi connectivity index (χ0v) is 25.0. The minimum atomic E-state index is -6.30. The molecule has 2 fully saturated rings. The molecule has 0 spiro atoms. The van der Waals surface area contributed by atoms with Crippen molar-refractivity contribution >= 4 is 0 Å². The molecule has 2 atom stereocenters. The molecular formula is C28H58F20N2O10. The summed E-state index contributed by atoms with van der Waals surface area (Å²) in [6, 6.07) is 0. The van der Waals surface area contributed by atoms with Crippen molar-refractivity contribution < 1.29 is 136 Å². The molecule has 0 amide bonds. The Morgan fingerprint density at radius 1 is 0.467 bits per heavy atom. The van der Waals surface area contributed by atoms with Gasteiger partial charge in [0.1, 0.15) is 32.2 Å². The van der Waals surface area contributed by atoms with E-state index in [0.29, 0.717) is 6.61 Å². The quantitative estimate of drug-likeness (QED) is 0.0460. The van der Waals surface area contributed by atoms with Crippen molar-refractivity contribution in [3.8, 4) is 0 Å². The summed E-state index contributed by atoms with van der Waals surface area (Å²) >= 11 is 0. The second-order valence-corrected chi connectivity index (χ2v) is 8.70. The third kappa shape index (κ3) is 36.7. The molecule has 0 radical (unpaired) electrons. The van der Waals surface area contributed by atoms with Crippen molar-refractivity contribution in [3.63, 3.8) is 0 Å². The van der Waals surface area contributed by atoms with Crippen LogP contribution in [0.1, 0.15) is 59.4 Å². The summed E-state index contributed by atoms with van der Waals surface area (Å²) in [5.74, 6) is 0. The first-order valence-electron chi connectivity index (χ1n) is 12.8. The van der Waals surface area contributed by atoms with Crippen LogP contribution in [0.3, 0.4) is 0 Å². The molecule has 2 heterocycles. The lowest BCUT2D eigenvalue weighted by Crippen LogP contribution is -2.50. The normalized spacial score (nSPS) is 15.9. The average molecular weight is 963 g/mol. The maximum atomic E-state index is 12.9. The fraction of sp³-hybridized carbons (Fsp3) is 1.00. The largest absolute Gasteiger partial charge is 0.495 e. The van der Waals surface area contributed by atoms with Gasteiger partial charge in [-0.25, -0.2) is 27.7 Å². The van der Waals surface area contributed by atoms with Gasteiger partial charge in [0, 0.05) is 6.54 Å². The second-order valence-electron chi connectivity index (χ2n) is 8.70. The average Bonchev–Trinajstić information content (AvgIpc) is 3.92. The first kappa shape index (κ1) is 81.9. The van der Waals surface area contributed by atoms with Gasteiger partial charge in [-0.3, -0.25) is 0 Å². The third-order valence-electron chi connectivity index (χ3n) is 4.15. The lowest BCUT2D eigenvalue weighted by Gasteiger charge is -2.28. The minimum Gasteiger partial charge on any atom is -0.376 e. The highest BCUT2D eigenvalue weighted by molar-refractivity contribution is 4.69. The van der Waals surface area contributed by atoms with Gasteiger partial charge < -0.3 is 30.4 Å². The Morgan fingerprint density at radius 3 is 1.02 bits per heavy atom. The maximum absolute atomic E-state index is 12.9. The van der Waals surface area contributed by atoms with Crippen molar-refractivity contribution in [1.82, 2.24) is 0 Å². The van der Waals surface area contributed by atoms with Crippen LogP contribution in [0.25, 0.3) is 0 Å². The number of halogens is 20. The van der Waals surface area contributed by atoms with Gasteiger partial charge in [0.05, 0.1) is 39.6 Å². The van der Waals surface area contributed by atoms with E-state index in [9.17, 15) is 88.1 Å². The Labute approximate surface area is 335 Å². The molecule has 4 N–H and O–H groups in total. The van der Waals surface area contributed by atoms with Crippen LogP contribution in [0, 0.1) is 0 Å². The zero-order chi connectivity index (χ0) is 41.3. The molecule has 2 saturated heterocycles. The molecule has 60 heavy (non-hydrogen) atoms. The zero-order valence-electron chi connectivity index (χ0n) is 25.0. The molecule has 12 nitrogen and oxygen atoms in total. The highest BCUT2D eigenvalue weighted by Crippen LogP contribution is 2.43. The van der Waals surface area contributed by atoms with Gasteiger partial charge in [-0.2, -0.15) is 52.7 Å². The highest BCUT2D eigenvalue weighted by Gasteiger charge is 2.68. The number of alkyl halides is 18. The molecule has 0 aromatic heterocycles. The van der Waals surface area contributed by atoms with Crippen LogP contribution in [-0.2, 0) is 47.8 Å². The predicted octanol–water partition coefficient (Wildman–Crippen LogP) is 10.2. The van der Waals surface area contributed by atoms with Gasteiger partial charge in [0.25, 0.3) is 0 Å². The fourth-order valence-electron chi connectivity index (χ4n) is 1.87. The Bertz CT molecular complexity index is 975. The molecular weight excluding hydrogens is 904 g/mol. The van der Waals surface area contributed by atoms with Gasteiger partial charge >= 0.3 is 49.2 Å². The van der Waals surface area contributed by atoms with Crippen molar-refractivity contribution in [3.05, 3.63) is 0 Å². The van der Waals surface area contributed by atoms with Crippen LogP contribution in [0.4, 0.5) is 88.1 Å². The Hall–Kier alpha value is -1.88. The Balaban J connectivity index is -0.0000000744. The summed E-state index contributed by atoms with van der Waals surface area (Å²) in [5.41, 5.74) is 8.86. The number of epoxide rings is 2. The molecule has 0 aromatic rings. The molecule has 2 unspecified atom stereocenters. The van der Waals surface area contributed by atoms with Gasteiger partial charge in [-0.05, 0) is 9.05 Å². The van der Waals surface area contributed by atoms with Gasteiger partial charge in [0.15, 0.2) is 0 Å². The summed E-state index contributed by atoms with van der Waals surface area (Å²) in [7, 11) is 0. The van der Waals surface area contributed by atoms with Crippen molar-refractivity contribution in [1.29, 1.82) is 0 Å². The first-order valence-corrected chi connectivity index (χ1v) is 12.8. The minimum absolute atomic E-state index is 0. The predicted molar refractivity (Wildman–Crippen MR) is 173 cm³/mol. The van der Waals surface area contributed by atoms with Gasteiger partial charge in [-0.15, -0.1) is 27.4 Å². The topological polar surface area (TPSA) is 151 Å². The Kier molecular flexibility index (Phi) is 47.2. The van der Waals surface area contributed by atoms with Crippen molar-refractivity contribution in [2.24, 2.45) is 11.5 Å². The summed E-state index contributed by atoms with van der Waals surface area (Å²) < 4.78 is 269. The van der Waals surface area contributed by atoms with E-state index in [1.807, 2.05) is 4.74 Å². The summed E-state index contributed by atoms with van der Waals surface area (Å²) in [6.45, 7) is -3.03. The summed E-state index contributed by atoms with van der Waals surface area (Å²) in [4.78, 5) is 2.85. The lowest BCUT2D eigenvalue weighted by molar-refractivity contribution is -0.567. The van der Waals surface area contributed by atoms with Gasteiger partial charge in [-0.1, -0.05) is 59.4 Å². The molecule has 0 aromatic carbocycles. The lowest BCUT2D eigenvalue weighted by atomic mass is 10.5. The monoisotopic (exact) mass is 962 g/mol. The van der Waals surface area contributed by atoms with Gasteiger partial charge in [0.2, 0.25) is 0 Å². The summed E-state index contributed by atoms with van der Waals surface area (Å²) in [5, 5.41) is 0. The molecule has 0 aliphatic carbocycles. The van der Waals surface area contributed by atoms with Crippen LogP contribution in [0.15, 0.2) is 0 Å². The smallest absolute Gasteiger partial charge is 0.376 e.